The number of nitrogens with zero attached hydrogens (tertiary/aromatic N) is 5. The van der Waals surface area contributed by atoms with Gasteiger partial charge in [-0.3, -0.25) is 4.68 Å². The second-order valence-corrected chi connectivity index (χ2v) is 6.82. The summed E-state index contributed by atoms with van der Waals surface area (Å²) in [6.07, 6.45) is 5.20. The normalized spacial score (nSPS) is 14.8. The van der Waals surface area contributed by atoms with Gasteiger partial charge in [0.2, 0.25) is 0 Å². The Morgan fingerprint density at radius 2 is 2.11 bits per heavy atom. The maximum Gasteiger partial charge on any atom is 0.409 e. The zero-order valence-electron chi connectivity index (χ0n) is 15.3. The van der Waals surface area contributed by atoms with Crippen LogP contribution in [0.1, 0.15) is 6.92 Å². The third kappa shape index (κ3) is 3.21. The number of H-pyrrole nitrogens is 1. The summed E-state index contributed by atoms with van der Waals surface area (Å²) in [4.78, 5) is 23.6. The highest BCUT2D eigenvalue weighted by atomic mass is 35.5. The number of aromatic nitrogens is 4. The number of carbonyl (C=O) groups excluding carboxylic acids is 1. The molecule has 0 aliphatic carbocycles. The van der Waals surface area contributed by atoms with E-state index in [1.54, 1.807) is 22.0 Å². The highest BCUT2D eigenvalue weighted by molar-refractivity contribution is 6.39. The van der Waals surface area contributed by atoms with Crippen LogP contribution in [0.15, 0.2) is 24.7 Å². The molecule has 0 unspecified atom stereocenters. The summed E-state index contributed by atoms with van der Waals surface area (Å²) < 4.78 is 6.83. The van der Waals surface area contributed by atoms with Gasteiger partial charge in [0.1, 0.15) is 5.65 Å². The maximum atomic E-state index is 11.9. The Balaban J connectivity index is 1.63. The molecular formula is C18H21ClN6O2. The molecule has 0 radical (unpaired) electrons. The van der Waals surface area contributed by atoms with Crippen molar-refractivity contribution in [2.75, 3.05) is 37.7 Å². The number of hydrogen-bond acceptors (Lipinski definition) is 5. The van der Waals surface area contributed by atoms with E-state index in [1.165, 1.54) is 0 Å². The Morgan fingerprint density at radius 3 is 2.78 bits per heavy atom. The standard InChI is InChI=1S/C18H21ClN6O2/c1-3-27-18(26)25-8-6-24(7-9-25)13-4-5-20-17-14(13)15(19)16(22-17)12-10-21-23(2)11-12/h4-5,10-11H,3,6-9H2,1-2H3,(H,20,22). The van der Waals surface area contributed by atoms with E-state index >= 15 is 0 Å². The van der Waals surface area contributed by atoms with Gasteiger partial charge in [0.25, 0.3) is 0 Å². The number of aryl methyl sites for hydroxylation is 1. The predicted octanol–water partition coefficient (Wildman–Crippen LogP) is 2.90. The second-order valence-electron chi connectivity index (χ2n) is 6.44. The van der Waals surface area contributed by atoms with Crippen molar-refractivity contribution in [2.45, 2.75) is 6.92 Å². The van der Waals surface area contributed by atoms with Gasteiger partial charge in [0.15, 0.2) is 0 Å². The molecule has 0 atom stereocenters. The van der Waals surface area contributed by atoms with Crippen molar-refractivity contribution in [2.24, 2.45) is 7.05 Å². The lowest BCUT2D eigenvalue weighted by atomic mass is 10.2. The molecule has 3 aromatic rings. The van der Waals surface area contributed by atoms with Gasteiger partial charge in [-0.2, -0.15) is 5.10 Å². The minimum atomic E-state index is -0.254. The lowest BCUT2D eigenvalue weighted by Gasteiger charge is -2.35. The van der Waals surface area contributed by atoms with Crippen molar-refractivity contribution >= 4 is 34.4 Å². The van der Waals surface area contributed by atoms with Gasteiger partial charge >= 0.3 is 6.09 Å². The molecular weight excluding hydrogens is 368 g/mol. The number of carbonyl (C=O) groups is 1. The van der Waals surface area contributed by atoms with Crippen LogP contribution in [0.25, 0.3) is 22.3 Å². The molecule has 1 amide bonds. The van der Waals surface area contributed by atoms with E-state index in [0.717, 1.165) is 28.0 Å². The number of amides is 1. The lowest BCUT2D eigenvalue weighted by Crippen LogP contribution is -2.49. The van der Waals surface area contributed by atoms with E-state index in [1.807, 2.05) is 26.2 Å². The molecule has 3 aromatic heterocycles. The first-order chi connectivity index (χ1) is 13.1. The van der Waals surface area contributed by atoms with Gasteiger partial charge in [0, 0.05) is 51.2 Å². The average Bonchev–Trinajstić information content (AvgIpc) is 3.25. The highest BCUT2D eigenvalue weighted by Gasteiger charge is 2.25. The molecule has 8 nitrogen and oxygen atoms in total. The molecule has 0 saturated carbocycles. The van der Waals surface area contributed by atoms with Gasteiger partial charge in [-0.25, -0.2) is 9.78 Å². The summed E-state index contributed by atoms with van der Waals surface area (Å²) in [7, 11) is 1.87. The topological polar surface area (TPSA) is 79.3 Å². The predicted molar refractivity (Wildman–Crippen MR) is 104 cm³/mol. The zero-order chi connectivity index (χ0) is 19.0. The minimum absolute atomic E-state index is 0.254. The summed E-state index contributed by atoms with van der Waals surface area (Å²) in [5, 5.41) is 5.74. The summed E-state index contributed by atoms with van der Waals surface area (Å²) in [6, 6.07) is 1.97. The average molecular weight is 389 g/mol. The molecule has 4 heterocycles. The van der Waals surface area contributed by atoms with Crippen molar-refractivity contribution in [3.63, 3.8) is 0 Å². The Hall–Kier alpha value is -2.74. The quantitative estimate of drug-likeness (QED) is 0.746. The Bertz CT molecular complexity index is 974. The molecule has 1 aliphatic heterocycles. The molecule has 27 heavy (non-hydrogen) atoms. The minimum Gasteiger partial charge on any atom is -0.450 e. The molecule has 9 heteroatoms. The number of anilines is 1. The van der Waals surface area contributed by atoms with E-state index < -0.39 is 0 Å². The van der Waals surface area contributed by atoms with Crippen LogP contribution in [0.4, 0.5) is 10.5 Å². The maximum absolute atomic E-state index is 11.9. The summed E-state index contributed by atoms with van der Waals surface area (Å²) >= 11 is 6.73. The second kappa shape index (κ2) is 7.11. The molecule has 4 rings (SSSR count). The Morgan fingerprint density at radius 1 is 1.33 bits per heavy atom. The van der Waals surface area contributed by atoms with E-state index in [9.17, 15) is 4.79 Å². The number of nitrogens with one attached hydrogen (secondary N) is 1. The number of fused-ring (bicyclic) bond motifs is 1. The van der Waals surface area contributed by atoms with E-state index in [0.29, 0.717) is 37.8 Å². The Labute approximate surface area is 161 Å². The number of pyridine rings is 1. The summed E-state index contributed by atoms with van der Waals surface area (Å²) in [5.41, 5.74) is 3.48. The van der Waals surface area contributed by atoms with Gasteiger partial charge in [0.05, 0.1) is 34.6 Å². The van der Waals surface area contributed by atoms with Crippen LogP contribution in [-0.4, -0.2) is 63.5 Å². The lowest BCUT2D eigenvalue weighted by molar-refractivity contribution is 0.105. The first-order valence-electron chi connectivity index (χ1n) is 8.90. The van der Waals surface area contributed by atoms with Gasteiger partial charge < -0.3 is 19.5 Å². The van der Waals surface area contributed by atoms with Crippen LogP contribution in [0, 0.1) is 0 Å². The molecule has 0 aromatic carbocycles. The molecule has 1 aliphatic rings. The van der Waals surface area contributed by atoms with Crippen LogP contribution in [0.5, 0.6) is 0 Å². The monoisotopic (exact) mass is 388 g/mol. The fourth-order valence-electron chi connectivity index (χ4n) is 3.42. The smallest absolute Gasteiger partial charge is 0.409 e. The summed E-state index contributed by atoms with van der Waals surface area (Å²) in [6.45, 7) is 4.85. The SMILES string of the molecule is CCOC(=O)N1CCN(c2ccnc3[nH]c(-c4cnn(C)c4)c(Cl)c23)CC1. The van der Waals surface area contributed by atoms with Crippen molar-refractivity contribution in [3.05, 3.63) is 29.7 Å². The fraction of sp³-hybridized carbons (Fsp3) is 0.389. The first-order valence-corrected chi connectivity index (χ1v) is 9.28. The van der Waals surface area contributed by atoms with Crippen molar-refractivity contribution in [3.8, 4) is 11.3 Å². The van der Waals surface area contributed by atoms with Gasteiger partial charge in [-0.1, -0.05) is 11.6 Å². The fourth-order valence-corrected chi connectivity index (χ4v) is 3.76. The molecule has 1 fully saturated rings. The van der Waals surface area contributed by atoms with Crippen LogP contribution in [0.2, 0.25) is 5.02 Å². The highest BCUT2D eigenvalue weighted by Crippen LogP contribution is 2.38. The molecule has 1 N–H and O–H groups in total. The van der Waals surface area contributed by atoms with Crippen LogP contribution >= 0.6 is 11.6 Å². The third-order valence-corrected chi connectivity index (χ3v) is 5.13. The number of hydrogen-bond donors (Lipinski definition) is 1. The summed E-state index contributed by atoms with van der Waals surface area (Å²) in [5.74, 6) is 0. The number of halogens is 1. The van der Waals surface area contributed by atoms with Gasteiger partial charge in [-0.05, 0) is 13.0 Å². The van der Waals surface area contributed by atoms with E-state index in [4.69, 9.17) is 16.3 Å². The molecule has 142 valence electrons. The van der Waals surface area contributed by atoms with Crippen LogP contribution < -0.4 is 4.90 Å². The number of piperazine rings is 1. The largest absolute Gasteiger partial charge is 0.450 e. The van der Waals surface area contributed by atoms with Crippen LogP contribution in [-0.2, 0) is 11.8 Å². The van der Waals surface area contributed by atoms with Crippen molar-refractivity contribution in [1.82, 2.24) is 24.6 Å². The molecule has 0 bridgehead atoms. The van der Waals surface area contributed by atoms with E-state index in [2.05, 4.69) is 20.0 Å². The number of rotatable bonds is 3. The van der Waals surface area contributed by atoms with E-state index in [-0.39, 0.29) is 6.09 Å². The molecule has 1 saturated heterocycles. The van der Waals surface area contributed by atoms with Crippen molar-refractivity contribution < 1.29 is 9.53 Å². The number of ether oxygens (including phenoxy) is 1. The number of aromatic amines is 1. The third-order valence-electron chi connectivity index (χ3n) is 4.75. The van der Waals surface area contributed by atoms with Crippen LogP contribution in [0.3, 0.4) is 0 Å². The molecule has 0 spiro atoms. The zero-order valence-corrected chi connectivity index (χ0v) is 16.0. The van der Waals surface area contributed by atoms with Crippen molar-refractivity contribution in [1.29, 1.82) is 0 Å². The van der Waals surface area contributed by atoms with Gasteiger partial charge in [-0.15, -0.1) is 0 Å². The Kier molecular flexibility index (Phi) is 4.65. The first kappa shape index (κ1) is 17.7.